The Morgan fingerprint density at radius 1 is 1.41 bits per heavy atom. The molecule has 1 heterocycles. The summed E-state index contributed by atoms with van der Waals surface area (Å²) in [5.41, 5.74) is 2.22. The predicted molar refractivity (Wildman–Crippen MR) is 89.6 cm³/mol. The molecule has 0 aliphatic carbocycles. The van der Waals surface area contributed by atoms with Crippen molar-refractivity contribution < 1.29 is 9.90 Å². The normalized spacial score (nSPS) is 12.1. The lowest BCUT2D eigenvalue weighted by Gasteiger charge is -2.15. The lowest BCUT2D eigenvalue weighted by Crippen LogP contribution is -2.37. The molecule has 1 unspecified atom stereocenters. The van der Waals surface area contributed by atoms with Crippen molar-refractivity contribution in [2.75, 3.05) is 18.6 Å². The van der Waals surface area contributed by atoms with Crippen molar-refractivity contribution in [3.8, 4) is 5.69 Å². The minimum Gasteiger partial charge on any atom is -0.396 e. The number of rotatable bonds is 7. The van der Waals surface area contributed by atoms with E-state index >= 15 is 0 Å². The number of amides is 1. The van der Waals surface area contributed by atoms with Gasteiger partial charge in [-0.25, -0.2) is 4.68 Å². The molecular formula is C16H21N3O2S. The van der Waals surface area contributed by atoms with E-state index in [0.717, 1.165) is 17.1 Å². The van der Waals surface area contributed by atoms with Gasteiger partial charge in [-0.15, -0.1) is 0 Å². The van der Waals surface area contributed by atoms with Gasteiger partial charge in [0.1, 0.15) is 0 Å². The van der Waals surface area contributed by atoms with Gasteiger partial charge in [0, 0.05) is 24.1 Å². The Kier molecular flexibility index (Phi) is 6.03. The van der Waals surface area contributed by atoms with Gasteiger partial charge in [0.25, 0.3) is 5.91 Å². The highest BCUT2D eigenvalue weighted by molar-refractivity contribution is 7.98. The number of aromatic nitrogens is 2. The van der Waals surface area contributed by atoms with E-state index < -0.39 is 0 Å². The van der Waals surface area contributed by atoms with Gasteiger partial charge in [0.15, 0.2) is 5.69 Å². The average Bonchev–Trinajstić information content (AvgIpc) is 2.91. The molecule has 1 aromatic heterocycles. The molecule has 5 nitrogen and oxygen atoms in total. The second-order valence-corrected chi connectivity index (χ2v) is 5.97. The summed E-state index contributed by atoms with van der Waals surface area (Å²) in [5, 5.41) is 16.4. The molecule has 0 aliphatic rings. The van der Waals surface area contributed by atoms with Crippen LogP contribution in [0.1, 0.15) is 22.6 Å². The maximum atomic E-state index is 12.3. The number of aliphatic hydroxyl groups is 1. The molecule has 2 rings (SSSR count). The highest BCUT2D eigenvalue weighted by Gasteiger charge is 2.17. The van der Waals surface area contributed by atoms with Crippen molar-refractivity contribution in [3.63, 3.8) is 0 Å². The van der Waals surface area contributed by atoms with Crippen LogP contribution < -0.4 is 5.32 Å². The zero-order valence-corrected chi connectivity index (χ0v) is 13.6. The van der Waals surface area contributed by atoms with Crippen LogP contribution in [0.3, 0.4) is 0 Å². The number of benzene rings is 1. The van der Waals surface area contributed by atoms with Gasteiger partial charge in [-0.05, 0) is 37.8 Å². The van der Waals surface area contributed by atoms with Crippen LogP contribution in [0, 0.1) is 6.92 Å². The van der Waals surface area contributed by atoms with Gasteiger partial charge in [0.05, 0.1) is 5.69 Å². The van der Waals surface area contributed by atoms with Crippen LogP contribution >= 0.6 is 11.8 Å². The van der Waals surface area contributed by atoms with Gasteiger partial charge in [0.2, 0.25) is 0 Å². The largest absolute Gasteiger partial charge is 0.396 e. The number of carbonyl (C=O) groups is 1. The zero-order chi connectivity index (χ0) is 15.9. The fourth-order valence-corrected chi connectivity index (χ4v) is 2.88. The van der Waals surface area contributed by atoms with E-state index in [1.165, 1.54) is 0 Å². The lowest BCUT2D eigenvalue weighted by molar-refractivity contribution is 0.0930. The third-order valence-corrected chi connectivity index (χ3v) is 4.04. The standard InChI is InChI=1S/C16H21N3O2S/c1-12-10-15(16(21)17-13(8-9-20)11-22-2)18-19(12)14-6-4-3-5-7-14/h3-7,10,13,20H,8-9,11H2,1-2H3,(H,17,21). The summed E-state index contributed by atoms with van der Waals surface area (Å²) in [4.78, 5) is 12.3. The fourth-order valence-electron chi connectivity index (χ4n) is 2.23. The SMILES string of the molecule is CSCC(CCO)NC(=O)c1cc(C)n(-c2ccccc2)n1. The molecule has 6 heteroatoms. The van der Waals surface area contributed by atoms with Crippen LogP contribution in [0.5, 0.6) is 0 Å². The Morgan fingerprint density at radius 2 is 2.14 bits per heavy atom. The van der Waals surface area contributed by atoms with E-state index in [1.807, 2.05) is 43.5 Å². The highest BCUT2D eigenvalue weighted by atomic mass is 32.2. The monoisotopic (exact) mass is 319 g/mol. The molecule has 1 aromatic carbocycles. The number of hydrogen-bond acceptors (Lipinski definition) is 4. The summed E-state index contributed by atoms with van der Waals surface area (Å²) in [5.74, 6) is 0.565. The van der Waals surface area contributed by atoms with Crippen LogP contribution in [0.4, 0.5) is 0 Å². The number of para-hydroxylation sites is 1. The first-order valence-electron chi connectivity index (χ1n) is 7.18. The van der Waals surface area contributed by atoms with Crippen LogP contribution in [0.25, 0.3) is 5.69 Å². The van der Waals surface area contributed by atoms with E-state index in [9.17, 15) is 4.79 Å². The Bertz CT molecular complexity index is 607. The molecule has 0 radical (unpaired) electrons. The molecule has 118 valence electrons. The summed E-state index contributed by atoms with van der Waals surface area (Å²) in [7, 11) is 0. The van der Waals surface area contributed by atoms with Crippen LogP contribution in [0.15, 0.2) is 36.4 Å². The quantitative estimate of drug-likeness (QED) is 0.819. The van der Waals surface area contributed by atoms with E-state index in [-0.39, 0.29) is 18.6 Å². The molecule has 0 spiro atoms. The molecule has 0 aliphatic heterocycles. The van der Waals surface area contributed by atoms with Crippen molar-refractivity contribution in [2.24, 2.45) is 0 Å². The summed E-state index contributed by atoms with van der Waals surface area (Å²) in [6.07, 6.45) is 2.52. The van der Waals surface area contributed by atoms with Gasteiger partial charge < -0.3 is 10.4 Å². The number of carbonyl (C=O) groups excluding carboxylic acids is 1. The lowest BCUT2D eigenvalue weighted by atomic mass is 10.2. The minimum absolute atomic E-state index is 0.0466. The molecule has 22 heavy (non-hydrogen) atoms. The first kappa shape index (κ1) is 16.6. The Balaban J connectivity index is 2.14. The molecular weight excluding hydrogens is 298 g/mol. The average molecular weight is 319 g/mol. The number of thioether (sulfide) groups is 1. The van der Waals surface area contributed by atoms with E-state index in [2.05, 4.69) is 10.4 Å². The molecule has 2 N–H and O–H groups in total. The van der Waals surface area contributed by atoms with Crippen molar-refractivity contribution in [2.45, 2.75) is 19.4 Å². The maximum Gasteiger partial charge on any atom is 0.272 e. The van der Waals surface area contributed by atoms with Gasteiger partial charge in [-0.1, -0.05) is 18.2 Å². The van der Waals surface area contributed by atoms with Crippen LogP contribution in [0.2, 0.25) is 0 Å². The Morgan fingerprint density at radius 3 is 2.77 bits per heavy atom. The van der Waals surface area contributed by atoms with Crippen molar-refractivity contribution >= 4 is 17.7 Å². The number of nitrogens with zero attached hydrogens (tertiary/aromatic N) is 2. The molecule has 1 amide bonds. The Hall–Kier alpha value is -1.79. The van der Waals surface area contributed by atoms with Gasteiger partial charge in [-0.3, -0.25) is 4.79 Å². The molecule has 0 saturated carbocycles. The third kappa shape index (κ3) is 4.11. The van der Waals surface area contributed by atoms with Gasteiger partial charge in [-0.2, -0.15) is 16.9 Å². The minimum atomic E-state index is -0.203. The second-order valence-electron chi connectivity index (χ2n) is 5.06. The van der Waals surface area contributed by atoms with E-state index in [1.54, 1.807) is 22.5 Å². The zero-order valence-electron chi connectivity index (χ0n) is 12.8. The topological polar surface area (TPSA) is 67.2 Å². The highest BCUT2D eigenvalue weighted by Crippen LogP contribution is 2.12. The summed E-state index contributed by atoms with van der Waals surface area (Å²) in [6.45, 7) is 1.98. The smallest absolute Gasteiger partial charge is 0.272 e. The van der Waals surface area contributed by atoms with Crippen molar-refractivity contribution in [3.05, 3.63) is 47.8 Å². The van der Waals surface area contributed by atoms with Crippen molar-refractivity contribution in [1.82, 2.24) is 15.1 Å². The van der Waals surface area contributed by atoms with Crippen LogP contribution in [-0.4, -0.2) is 45.5 Å². The number of aryl methyl sites for hydroxylation is 1. The maximum absolute atomic E-state index is 12.3. The van der Waals surface area contributed by atoms with E-state index in [0.29, 0.717) is 12.1 Å². The van der Waals surface area contributed by atoms with Crippen LogP contribution in [-0.2, 0) is 0 Å². The Labute approximate surface area is 134 Å². The molecule has 0 fully saturated rings. The molecule has 0 bridgehead atoms. The number of nitrogens with one attached hydrogen (secondary N) is 1. The summed E-state index contributed by atoms with van der Waals surface area (Å²) >= 11 is 1.64. The molecule has 0 saturated heterocycles. The number of hydrogen-bond donors (Lipinski definition) is 2. The first-order chi connectivity index (χ1) is 10.7. The molecule has 1 atom stereocenters. The first-order valence-corrected chi connectivity index (χ1v) is 8.58. The fraction of sp³-hybridized carbons (Fsp3) is 0.375. The van der Waals surface area contributed by atoms with Gasteiger partial charge >= 0.3 is 0 Å². The second kappa shape index (κ2) is 8.00. The van der Waals surface area contributed by atoms with Crippen molar-refractivity contribution in [1.29, 1.82) is 0 Å². The third-order valence-electron chi connectivity index (χ3n) is 3.30. The summed E-state index contributed by atoms with van der Waals surface area (Å²) < 4.78 is 1.75. The molecule has 2 aromatic rings. The van der Waals surface area contributed by atoms with E-state index in [4.69, 9.17) is 5.11 Å². The number of aliphatic hydroxyl groups excluding tert-OH is 1. The predicted octanol–water partition coefficient (Wildman–Crippen LogP) is 2.02. The summed E-state index contributed by atoms with van der Waals surface area (Å²) in [6, 6.07) is 11.4.